The van der Waals surface area contributed by atoms with Crippen molar-refractivity contribution < 1.29 is 29.6 Å². The molecule has 0 bridgehead atoms. The van der Waals surface area contributed by atoms with E-state index in [1.807, 2.05) is 13.8 Å². The summed E-state index contributed by atoms with van der Waals surface area (Å²) in [6.45, 7) is 7.99. The van der Waals surface area contributed by atoms with Crippen LogP contribution >= 0.6 is 11.6 Å². The Morgan fingerprint density at radius 3 is 2.57 bits per heavy atom. The summed E-state index contributed by atoms with van der Waals surface area (Å²) in [7, 11) is 0. The first-order valence-corrected chi connectivity index (χ1v) is 13.6. The van der Waals surface area contributed by atoms with Gasteiger partial charge in [0, 0.05) is 6.42 Å². The fourth-order valence-corrected chi connectivity index (χ4v) is 9.81. The Kier molecular flexibility index (Phi) is 6.11. The fourth-order valence-electron chi connectivity index (χ4n) is 9.25. The second kappa shape index (κ2) is 8.41. The van der Waals surface area contributed by atoms with Gasteiger partial charge in [-0.05, 0) is 93.1 Å². The summed E-state index contributed by atoms with van der Waals surface area (Å²) in [5, 5.41) is 31.2. The van der Waals surface area contributed by atoms with Gasteiger partial charge in [-0.25, -0.2) is 4.79 Å². The third-order valence-electron chi connectivity index (χ3n) is 11.3. The van der Waals surface area contributed by atoms with Crippen LogP contribution in [0.3, 0.4) is 0 Å². The number of esters is 1. The van der Waals surface area contributed by atoms with Crippen LogP contribution in [0.1, 0.15) is 66.2 Å². The highest BCUT2D eigenvalue weighted by Gasteiger charge is 2.71. The highest BCUT2D eigenvalue weighted by Crippen LogP contribution is 2.69. The summed E-state index contributed by atoms with van der Waals surface area (Å²) in [5.41, 5.74) is -1.45. The Hall–Kier alpha value is -1.21. The van der Waals surface area contributed by atoms with Crippen molar-refractivity contribution in [3.8, 4) is 0 Å². The number of hydrogen-bond acceptors (Lipinski definition) is 6. The lowest BCUT2D eigenvalue weighted by Gasteiger charge is -2.64. The van der Waals surface area contributed by atoms with Crippen LogP contribution < -0.4 is 0 Å². The molecule has 0 amide bonds. The van der Waals surface area contributed by atoms with Gasteiger partial charge in [0.1, 0.15) is 17.8 Å². The minimum absolute atomic E-state index is 0.0243. The van der Waals surface area contributed by atoms with Crippen LogP contribution in [0.15, 0.2) is 23.3 Å². The van der Waals surface area contributed by atoms with Gasteiger partial charge in [-0.3, -0.25) is 4.79 Å². The van der Waals surface area contributed by atoms with Crippen molar-refractivity contribution >= 4 is 23.4 Å². The Labute approximate surface area is 212 Å². The van der Waals surface area contributed by atoms with E-state index >= 15 is 0 Å². The maximum atomic E-state index is 13.3. The van der Waals surface area contributed by atoms with Crippen molar-refractivity contribution in [1.82, 2.24) is 0 Å². The van der Waals surface area contributed by atoms with Crippen LogP contribution in [-0.2, 0) is 14.3 Å². The zero-order valence-corrected chi connectivity index (χ0v) is 21.9. The van der Waals surface area contributed by atoms with Crippen molar-refractivity contribution in [2.75, 3.05) is 6.61 Å². The maximum Gasteiger partial charge on any atom is 0.336 e. The molecule has 35 heavy (non-hydrogen) atoms. The molecule has 0 spiro atoms. The number of aliphatic hydroxyl groups is 3. The lowest BCUT2D eigenvalue weighted by molar-refractivity contribution is -0.215. The van der Waals surface area contributed by atoms with E-state index in [0.717, 1.165) is 31.3 Å². The average Bonchev–Trinajstić information content (AvgIpc) is 3.16. The van der Waals surface area contributed by atoms with Gasteiger partial charge >= 0.3 is 5.97 Å². The number of alkyl halides is 1. The standard InChI is InChI=1S/C28H39ClO6/c1-14-11-21(35-25(33)17(14)13-30)15(2)18-5-6-19-16-12-22(29)28(34)24(32)8-7-23(31)27(28,4)20(16)9-10-26(18,19)3/h7-8,15-16,18-22,24,30,32,34H,5-6,9-13H2,1-4H3/t15-,16-,18+,19-,20-,21-,22-,24-,26+,27-,28-/m0/s1. The molecular formula is C28H39ClO6. The van der Waals surface area contributed by atoms with Crippen molar-refractivity contribution in [3.63, 3.8) is 0 Å². The van der Waals surface area contributed by atoms with Gasteiger partial charge in [0.15, 0.2) is 5.78 Å². The van der Waals surface area contributed by atoms with Gasteiger partial charge in [0.25, 0.3) is 0 Å². The number of aliphatic hydroxyl groups excluding tert-OH is 2. The molecule has 194 valence electrons. The average molecular weight is 507 g/mol. The second-order valence-electron chi connectivity index (χ2n) is 12.4. The number of ketones is 1. The van der Waals surface area contributed by atoms with E-state index in [4.69, 9.17) is 16.3 Å². The Morgan fingerprint density at radius 2 is 1.91 bits per heavy atom. The van der Waals surface area contributed by atoms with Gasteiger partial charge in [-0.15, -0.1) is 11.6 Å². The summed E-state index contributed by atoms with van der Waals surface area (Å²) < 4.78 is 5.82. The summed E-state index contributed by atoms with van der Waals surface area (Å²) in [6.07, 6.45) is 6.48. The lowest BCUT2D eigenvalue weighted by Crippen LogP contribution is -2.72. The molecule has 4 aliphatic carbocycles. The Bertz CT molecular complexity index is 990. The number of fused-ring (bicyclic) bond motifs is 5. The lowest BCUT2D eigenvalue weighted by atomic mass is 9.43. The first-order chi connectivity index (χ1) is 16.4. The van der Waals surface area contributed by atoms with Gasteiger partial charge in [0.2, 0.25) is 0 Å². The topological polar surface area (TPSA) is 104 Å². The molecule has 0 aromatic carbocycles. The smallest absolute Gasteiger partial charge is 0.336 e. The van der Waals surface area contributed by atoms with E-state index in [0.29, 0.717) is 30.3 Å². The van der Waals surface area contributed by atoms with Crippen LogP contribution in [0.4, 0.5) is 0 Å². The van der Waals surface area contributed by atoms with Crippen LogP contribution in [0, 0.1) is 40.4 Å². The molecule has 7 heteroatoms. The zero-order valence-electron chi connectivity index (χ0n) is 21.2. The number of hydrogen-bond donors (Lipinski definition) is 3. The van der Waals surface area contributed by atoms with Crippen LogP contribution in [0.25, 0.3) is 0 Å². The fraction of sp³-hybridized carbons (Fsp3) is 0.786. The number of rotatable bonds is 3. The molecule has 5 rings (SSSR count). The molecule has 0 aromatic rings. The Morgan fingerprint density at radius 1 is 1.20 bits per heavy atom. The molecule has 0 saturated heterocycles. The molecule has 3 saturated carbocycles. The number of carbonyl (C=O) groups excluding carboxylic acids is 2. The molecule has 1 aliphatic heterocycles. The molecule has 0 unspecified atom stereocenters. The normalized spacial score (nSPS) is 50.3. The van der Waals surface area contributed by atoms with Crippen molar-refractivity contribution in [2.24, 2.45) is 40.4 Å². The van der Waals surface area contributed by atoms with Gasteiger partial charge in [-0.2, -0.15) is 0 Å². The highest BCUT2D eigenvalue weighted by molar-refractivity contribution is 6.22. The summed E-state index contributed by atoms with van der Waals surface area (Å²) in [5.74, 6) is 0.520. The van der Waals surface area contributed by atoms with Crippen LogP contribution in [0.5, 0.6) is 0 Å². The molecule has 11 atom stereocenters. The van der Waals surface area contributed by atoms with Crippen molar-refractivity contribution in [2.45, 2.75) is 89.4 Å². The zero-order chi connectivity index (χ0) is 25.5. The number of ether oxygens (including phenoxy) is 1. The minimum Gasteiger partial charge on any atom is -0.458 e. The van der Waals surface area contributed by atoms with E-state index in [1.54, 1.807) is 0 Å². The first-order valence-electron chi connectivity index (χ1n) is 13.2. The van der Waals surface area contributed by atoms with Crippen LogP contribution in [-0.4, -0.2) is 56.9 Å². The number of halogens is 1. The van der Waals surface area contributed by atoms with Gasteiger partial charge in [-0.1, -0.05) is 19.4 Å². The number of carbonyl (C=O) groups is 2. The SMILES string of the molecule is CC1=C(CO)C(=O)O[C@H]([C@@H](C)[C@H]2CC[C@H]3[C@@H]4C[C@H](Cl)[C@]5(O)[C@@H](O)C=CC(=O)[C@]5(C)[C@H]4CC[C@]23C)C1. The minimum atomic E-state index is -1.66. The molecule has 0 radical (unpaired) electrons. The van der Waals surface area contributed by atoms with E-state index in [1.165, 1.54) is 12.2 Å². The van der Waals surface area contributed by atoms with E-state index in [9.17, 15) is 24.9 Å². The summed E-state index contributed by atoms with van der Waals surface area (Å²) >= 11 is 6.84. The van der Waals surface area contributed by atoms with E-state index < -0.39 is 28.5 Å². The van der Waals surface area contributed by atoms with Crippen molar-refractivity contribution in [3.05, 3.63) is 23.3 Å². The van der Waals surface area contributed by atoms with Gasteiger partial charge < -0.3 is 20.1 Å². The number of allylic oxidation sites excluding steroid dienone is 1. The third-order valence-corrected chi connectivity index (χ3v) is 11.9. The summed E-state index contributed by atoms with van der Waals surface area (Å²) in [6, 6.07) is 0. The molecule has 1 heterocycles. The molecule has 6 nitrogen and oxygen atoms in total. The number of cyclic esters (lactones) is 1. The molecular weight excluding hydrogens is 468 g/mol. The van der Waals surface area contributed by atoms with Crippen molar-refractivity contribution in [1.29, 1.82) is 0 Å². The molecule has 5 aliphatic rings. The molecule has 0 aromatic heterocycles. The largest absolute Gasteiger partial charge is 0.458 e. The molecule has 3 N–H and O–H groups in total. The predicted octanol–water partition coefficient (Wildman–Crippen LogP) is 3.55. The second-order valence-corrected chi connectivity index (χ2v) is 13.0. The van der Waals surface area contributed by atoms with E-state index in [2.05, 4.69) is 13.8 Å². The molecule has 3 fully saturated rings. The van der Waals surface area contributed by atoms with E-state index in [-0.39, 0.29) is 41.7 Å². The Balaban J connectivity index is 1.43. The predicted molar refractivity (Wildman–Crippen MR) is 131 cm³/mol. The first kappa shape index (κ1) is 25.4. The van der Waals surface area contributed by atoms with Crippen LogP contribution in [0.2, 0.25) is 0 Å². The summed E-state index contributed by atoms with van der Waals surface area (Å²) in [4.78, 5) is 25.8. The van der Waals surface area contributed by atoms with Gasteiger partial charge in [0.05, 0.1) is 23.0 Å². The quantitative estimate of drug-likeness (QED) is 0.399. The monoisotopic (exact) mass is 506 g/mol. The highest BCUT2D eigenvalue weighted by atomic mass is 35.5. The third kappa shape index (κ3) is 3.25. The maximum absolute atomic E-state index is 13.3.